The van der Waals surface area contributed by atoms with Crippen LogP contribution < -0.4 is 5.73 Å². The molecule has 0 bridgehead atoms. The van der Waals surface area contributed by atoms with Crippen LogP contribution in [0.4, 0.5) is 0 Å². The molecule has 96 valence electrons. The van der Waals surface area contributed by atoms with Crippen LogP contribution in [0.2, 0.25) is 0 Å². The number of H-pyrrole nitrogens is 1. The minimum atomic E-state index is -3.15. The summed E-state index contributed by atoms with van der Waals surface area (Å²) in [6.45, 7) is 2.02. The van der Waals surface area contributed by atoms with Crippen molar-refractivity contribution in [3.8, 4) is 11.3 Å². The van der Waals surface area contributed by atoms with Gasteiger partial charge in [0.2, 0.25) is 0 Å². The van der Waals surface area contributed by atoms with Gasteiger partial charge in [0.05, 0.1) is 22.5 Å². The Morgan fingerprint density at radius 1 is 1.28 bits per heavy atom. The van der Waals surface area contributed by atoms with Crippen molar-refractivity contribution in [1.82, 2.24) is 10.2 Å². The molecular formula is C12H15N3O2S. The van der Waals surface area contributed by atoms with Gasteiger partial charge in [0, 0.05) is 12.1 Å². The molecule has 2 aromatic rings. The number of benzene rings is 1. The maximum absolute atomic E-state index is 11.7. The molecule has 1 aromatic carbocycles. The van der Waals surface area contributed by atoms with E-state index in [9.17, 15) is 8.42 Å². The summed E-state index contributed by atoms with van der Waals surface area (Å²) in [5.41, 5.74) is 8.21. The molecule has 0 atom stereocenters. The van der Waals surface area contributed by atoms with Crippen LogP contribution in [0.5, 0.6) is 0 Å². The van der Waals surface area contributed by atoms with E-state index >= 15 is 0 Å². The summed E-state index contributed by atoms with van der Waals surface area (Å²) in [6.07, 6.45) is 1.67. The van der Waals surface area contributed by atoms with E-state index in [1.54, 1.807) is 37.4 Å². The second-order valence-corrected chi connectivity index (χ2v) is 6.18. The van der Waals surface area contributed by atoms with Gasteiger partial charge in [0.15, 0.2) is 9.84 Å². The van der Waals surface area contributed by atoms with Gasteiger partial charge in [-0.15, -0.1) is 0 Å². The van der Waals surface area contributed by atoms with Crippen LogP contribution >= 0.6 is 0 Å². The second-order valence-electron chi connectivity index (χ2n) is 3.90. The molecule has 5 nitrogen and oxygen atoms in total. The van der Waals surface area contributed by atoms with Crippen molar-refractivity contribution in [1.29, 1.82) is 0 Å². The van der Waals surface area contributed by atoms with Gasteiger partial charge in [-0.3, -0.25) is 5.10 Å². The zero-order valence-electron chi connectivity index (χ0n) is 10.1. The molecule has 1 heterocycles. The molecule has 0 aliphatic carbocycles. The SMILES string of the molecule is CCS(=O)(=O)c1ccc(-c2[nH]ncc2CN)cc1. The molecule has 0 fully saturated rings. The highest BCUT2D eigenvalue weighted by Gasteiger charge is 2.12. The van der Waals surface area contributed by atoms with Crippen molar-refractivity contribution in [2.24, 2.45) is 5.73 Å². The average molecular weight is 265 g/mol. The van der Waals surface area contributed by atoms with E-state index in [1.165, 1.54) is 0 Å². The monoisotopic (exact) mass is 265 g/mol. The first kappa shape index (κ1) is 12.8. The summed E-state index contributed by atoms with van der Waals surface area (Å²) in [7, 11) is -3.15. The van der Waals surface area contributed by atoms with Gasteiger partial charge in [-0.1, -0.05) is 19.1 Å². The van der Waals surface area contributed by atoms with Crippen molar-refractivity contribution < 1.29 is 8.42 Å². The Morgan fingerprint density at radius 2 is 1.94 bits per heavy atom. The minimum Gasteiger partial charge on any atom is -0.326 e. The highest BCUT2D eigenvalue weighted by molar-refractivity contribution is 7.91. The summed E-state index contributed by atoms with van der Waals surface area (Å²) in [4.78, 5) is 0.336. The molecule has 0 saturated carbocycles. The fraction of sp³-hybridized carbons (Fsp3) is 0.250. The molecule has 0 aliphatic rings. The van der Waals surface area contributed by atoms with Gasteiger partial charge in [-0.25, -0.2) is 8.42 Å². The number of nitrogens with zero attached hydrogens (tertiary/aromatic N) is 1. The maximum atomic E-state index is 11.7. The first-order chi connectivity index (χ1) is 8.58. The van der Waals surface area contributed by atoms with E-state index in [1.807, 2.05) is 0 Å². The average Bonchev–Trinajstić information content (AvgIpc) is 2.87. The smallest absolute Gasteiger partial charge is 0.178 e. The third-order valence-corrected chi connectivity index (χ3v) is 4.57. The van der Waals surface area contributed by atoms with E-state index in [0.717, 1.165) is 16.8 Å². The van der Waals surface area contributed by atoms with Crippen molar-refractivity contribution in [2.45, 2.75) is 18.4 Å². The third-order valence-electron chi connectivity index (χ3n) is 2.82. The van der Waals surface area contributed by atoms with Gasteiger partial charge >= 0.3 is 0 Å². The lowest BCUT2D eigenvalue weighted by molar-refractivity contribution is 0.597. The molecular weight excluding hydrogens is 250 g/mol. The zero-order valence-corrected chi connectivity index (χ0v) is 10.9. The van der Waals surface area contributed by atoms with Gasteiger partial charge in [-0.2, -0.15) is 5.10 Å². The van der Waals surface area contributed by atoms with E-state index in [0.29, 0.717) is 11.4 Å². The van der Waals surface area contributed by atoms with E-state index in [2.05, 4.69) is 10.2 Å². The molecule has 6 heteroatoms. The van der Waals surface area contributed by atoms with Crippen molar-refractivity contribution in [3.05, 3.63) is 36.0 Å². The topological polar surface area (TPSA) is 88.8 Å². The number of hydrogen-bond donors (Lipinski definition) is 2. The lowest BCUT2D eigenvalue weighted by atomic mass is 10.1. The van der Waals surface area contributed by atoms with E-state index in [-0.39, 0.29) is 5.75 Å². The molecule has 0 radical (unpaired) electrons. The summed E-state index contributed by atoms with van der Waals surface area (Å²) in [5.74, 6) is 0.102. The third kappa shape index (κ3) is 2.30. The fourth-order valence-corrected chi connectivity index (χ4v) is 2.60. The van der Waals surface area contributed by atoms with Crippen LogP contribution in [0.1, 0.15) is 12.5 Å². The van der Waals surface area contributed by atoms with E-state index < -0.39 is 9.84 Å². The Hall–Kier alpha value is -1.66. The first-order valence-electron chi connectivity index (χ1n) is 5.64. The number of sulfone groups is 1. The Balaban J connectivity index is 2.40. The number of aromatic nitrogens is 2. The van der Waals surface area contributed by atoms with Crippen molar-refractivity contribution in [2.75, 3.05) is 5.75 Å². The highest BCUT2D eigenvalue weighted by atomic mass is 32.2. The quantitative estimate of drug-likeness (QED) is 0.872. The minimum absolute atomic E-state index is 0.102. The van der Waals surface area contributed by atoms with Gasteiger partial charge in [0.25, 0.3) is 0 Å². The Labute approximate surface area is 106 Å². The molecule has 2 rings (SSSR count). The van der Waals surface area contributed by atoms with Crippen LogP contribution in [0.3, 0.4) is 0 Å². The Kier molecular flexibility index (Phi) is 3.49. The molecule has 1 aromatic heterocycles. The summed E-state index contributed by atoms with van der Waals surface area (Å²) in [5, 5.41) is 6.80. The molecule has 0 saturated heterocycles. The lowest BCUT2D eigenvalue weighted by Gasteiger charge is -2.04. The number of nitrogens with one attached hydrogen (secondary N) is 1. The Bertz CT molecular complexity index is 630. The van der Waals surface area contributed by atoms with Crippen molar-refractivity contribution in [3.63, 3.8) is 0 Å². The molecule has 0 unspecified atom stereocenters. The number of rotatable bonds is 4. The molecule has 18 heavy (non-hydrogen) atoms. The number of aromatic amines is 1. The molecule has 3 N–H and O–H groups in total. The van der Waals surface area contributed by atoms with Crippen LogP contribution in [-0.2, 0) is 16.4 Å². The largest absolute Gasteiger partial charge is 0.326 e. The molecule has 0 aliphatic heterocycles. The van der Waals surface area contributed by atoms with Crippen molar-refractivity contribution >= 4 is 9.84 Å². The fourth-order valence-electron chi connectivity index (χ4n) is 1.71. The standard InChI is InChI=1S/C12H15N3O2S/c1-2-18(16,17)11-5-3-9(4-6-11)12-10(7-13)8-14-15-12/h3-6,8H,2,7,13H2,1H3,(H,14,15). The summed E-state index contributed by atoms with van der Waals surface area (Å²) < 4.78 is 23.4. The van der Waals surface area contributed by atoms with E-state index in [4.69, 9.17) is 5.73 Å². The van der Waals surface area contributed by atoms with Crippen LogP contribution in [0.25, 0.3) is 11.3 Å². The normalized spacial score (nSPS) is 11.7. The summed E-state index contributed by atoms with van der Waals surface area (Å²) in [6, 6.07) is 6.73. The summed E-state index contributed by atoms with van der Waals surface area (Å²) >= 11 is 0. The van der Waals surface area contributed by atoms with Gasteiger partial charge < -0.3 is 5.73 Å². The maximum Gasteiger partial charge on any atom is 0.178 e. The van der Waals surface area contributed by atoms with Gasteiger partial charge in [-0.05, 0) is 17.7 Å². The predicted octanol–water partition coefficient (Wildman–Crippen LogP) is 1.33. The second kappa shape index (κ2) is 4.91. The van der Waals surface area contributed by atoms with Crippen LogP contribution in [0, 0.1) is 0 Å². The lowest BCUT2D eigenvalue weighted by Crippen LogP contribution is -2.03. The zero-order chi connectivity index (χ0) is 13.2. The predicted molar refractivity (Wildman–Crippen MR) is 69.6 cm³/mol. The number of hydrogen-bond acceptors (Lipinski definition) is 4. The Morgan fingerprint density at radius 3 is 2.50 bits per heavy atom. The number of nitrogens with two attached hydrogens (primary N) is 1. The van der Waals surface area contributed by atoms with Gasteiger partial charge in [0.1, 0.15) is 0 Å². The first-order valence-corrected chi connectivity index (χ1v) is 7.29. The molecule has 0 spiro atoms. The molecule has 0 amide bonds. The van der Waals surface area contributed by atoms with Crippen LogP contribution in [-0.4, -0.2) is 24.4 Å². The highest BCUT2D eigenvalue weighted by Crippen LogP contribution is 2.22. The van der Waals surface area contributed by atoms with Crippen LogP contribution in [0.15, 0.2) is 35.4 Å².